The molecule has 0 bridgehead atoms. The minimum atomic E-state index is -0.297. The van der Waals surface area contributed by atoms with Crippen LogP contribution in [-0.2, 0) is 6.42 Å². The van der Waals surface area contributed by atoms with E-state index in [0.717, 1.165) is 5.56 Å². The molecule has 0 N–H and O–H groups in total. The fourth-order valence-corrected chi connectivity index (χ4v) is 1.28. The summed E-state index contributed by atoms with van der Waals surface area (Å²) < 4.78 is 17.9. The monoisotopic (exact) mass is 205 g/mol. The van der Waals surface area contributed by atoms with Crippen molar-refractivity contribution in [1.29, 1.82) is 0 Å². The van der Waals surface area contributed by atoms with Gasteiger partial charge in [0.2, 0.25) is 0 Å². The van der Waals surface area contributed by atoms with Gasteiger partial charge < -0.3 is 4.42 Å². The van der Waals surface area contributed by atoms with Gasteiger partial charge in [-0.2, -0.15) is 0 Å². The first-order chi connectivity index (χ1) is 7.28. The largest absolute Gasteiger partial charge is 0.448 e. The zero-order valence-corrected chi connectivity index (χ0v) is 7.81. The van der Waals surface area contributed by atoms with Crippen LogP contribution in [0.15, 0.2) is 34.9 Å². The third-order valence-corrected chi connectivity index (χ3v) is 1.93. The third kappa shape index (κ3) is 2.28. The summed E-state index contributed by atoms with van der Waals surface area (Å²) in [6.07, 6.45) is 2.27. The number of carbonyl (C=O) groups excluding carboxylic acids is 1. The molecule has 0 saturated carbocycles. The van der Waals surface area contributed by atoms with Crippen LogP contribution in [0.3, 0.4) is 0 Å². The number of hydrogen-bond acceptors (Lipinski definition) is 3. The lowest BCUT2D eigenvalue weighted by atomic mass is 10.1. The fraction of sp³-hybridized carbons (Fsp3) is 0.0909. The molecule has 0 atom stereocenters. The third-order valence-electron chi connectivity index (χ3n) is 1.93. The molecule has 1 aromatic heterocycles. The molecule has 0 aliphatic carbocycles. The highest BCUT2D eigenvalue weighted by Gasteiger charge is 2.04. The molecular formula is C11H8FNO2. The number of aldehydes is 1. The van der Waals surface area contributed by atoms with E-state index < -0.39 is 0 Å². The van der Waals surface area contributed by atoms with Crippen LogP contribution >= 0.6 is 0 Å². The molecule has 1 heterocycles. The van der Waals surface area contributed by atoms with Gasteiger partial charge >= 0.3 is 0 Å². The van der Waals surface area contributed by atoms with Gasteiger partial charge in [-0.3, -0.25) is 4.79 Å². The number of aromatic nitrogens is 1. The first-order valence-electron chi connectivity index (χ1n) is 4.42. The number of rotatable bonds is 3. The van der Waals surface area contributed by atoms with E-state index in [1.54, 1.807) is 12.1 Å². The predicted molar refractivity (Wildman–Crippen MR) is 51.1 cm³/mol. The standard InChI is InChI=1S/C11H8FNO2/c12-9-3-1-2-8(4-9)5-11-13-10(6-14)7-15-11/h1-4,6-7H,5H2. The van der Waals surface area contributed by atoms with E-state index in [9.17, 15) is 9.18 Å². The quantitative estimate of drug-likeness (QED) is 0.721. The average molecular weight is 205 g/mol. The molecule has 2 aromatic rings. The molecule has 0 unspecified atom stereocenters. The van der Waals surface area contributed by atoms with Gasteiger partial charge in [0.05, 0.1) is 0 Å². The second-order valence-corrected chi connectivity index (χ2v) is 3.09. The van der Waals surface area contributed by atoms with Gasteiger partial charge in [-0.05, 0) is 17.7 Å². The summed E-state index contributed by atoms with van der Waals surface area (Å²) in [5, 5.41) is 0. The molecule has 0 aliphatic rings. The Kier molecular flexibility index (Phi) is 2.58. The number of nitrogens with zero attached hydrogens (tertiary/aromatic N) is 1. The molecule has 15 heavy (non-hydrogen) atoms. The molecule has 1 aromatic carbocycles. The van der Waals surface area contributed by atoms with Crippen molar-refractivity contribution in [2.24, 2.45) is 0 Å². The molecule has 2 rings (SSSR count). The Morgan fingerprint density at radius 1 is 1.47 bits per heavy atom. The second kappa shape index (κ2) is 4.04. The first-order valence-corrected chi connectivity index (χ1v) is 4.42. The van der Waals surface area contributed by atoms with E-state index in [1.165, 1.54) is 18.4 Å². The molecule has 0 saturated heterocycles. The van der Waals surface area contributed by atoms with Gasteiger partial charge in [0.1, 0.15) is 17.8 Å². The minimum Gasteiger partial charge on any atom is -0.448 e. The Labute approximate surface area is 85.6 Å². The molecule has 0 spiro atoms. The van der Waals surface area contributed by atoms with Crippen LogP contribution < -0.4 is 0 Å². The van der Waals surface area contributed by atoms with Gasteiger partial charge in [0.15, 0.2) is 12.2 Å². The maximum absolute atomic E-state index is 12.8. The highest BCUT2D eigenvalue weighted by Crippen LogP contribution is 2.10. The van der Waals surface area contributed by atoms with Crippen LogP contribution in [-0.4, -0.2) is 11.3 Å². The van der Waals surface area contributed by atoms with Crippen LogP contribution in [0.25, 0.3) is 0 Å². The summed E-state index contributed by atoms with van der Waals surface area (Å²) in [4.78, 5) is 14.2. The van der Waals surface area contributed by atoms with E-state index in [4.69, 9.17) is 4.42 Å². The topological polar surface area (TPSA) is 43.1 Å². The maximum Gasteiger partial charge on any atom is 0.199 e. The zero-order chi connectivity index (χ0) is 10.7. The van der Waals surface area contributed by atoms with E-state index in [0.29, 0.717) is 18.6 Å². The molecule has 4 heteroatoms. The van der Waals surface area contributed by atoms with Gasteiger partial charge in [0.25, 0.3) is 0 Å². The van der Waals surface area contributed by atoms with Gasteiger partial charge in [-0.15, -0.1) is 0 Å². The Morgan fingerprint density at radius 2 is 2.33 bits per heavy atom. The number of oxazole rings is 1. The summed E-state index contributed by atoms with van der Waals surface area (Å²) in [5.74, 6) is 0.109. The molecule has 0 aliphatic heterocycles. The lowest BCUT2D eigenvalue weighted by Crippen LogP contribution is -1.90. The number of carbonyl (C=O) groups is 1. The van der Waals surface area contributed by atoms with Gasteiger partial charge in [-0.25, -0.2) is 9.37 Å². The van der Waals surface area contributed by atoms with E-state index in [2.05, 4.69) is 4.98 Å². The predicted octanol–water partition coefficient (Wildman–Crippen LogP) is 2.22. The fourth-order valence-electron chi connectivity index (χ4n) is 1.28. The van der Waals surface area contributed by atoms with Crippen molar-refractivity contribution in [3.05, 3.63) is 53.5 Å². The van der Waals surface area contributed by atoms with E-state index in [-0.39, 0.29) is 11.5 Å². The lowest BCUT2D eigenvalue weighted by Gasteiger charge is -1.96. The van der Waals surface area contributed by atoms with Crippen molar-refractivity contribution in [3.8, 4) is 0 Å². The summed E-state index contributed by atoms with van der Waals surface area (Å²) in [6, 6.07) is 6.17. The van der Waals surface area contributed by atoms with E-state index in [1.807, 2.05) is 0 Å². The maximum atomic E-state index is 12.8. The second-order valence-electron chi connectivity index (χ2n) is 3.09. The van der Waals surface area contributed by atoms with Gasteiger partial charge in [0, 0.05) is 6.42 Å². The SMILES string of the molecule is O=Cc1coc(Cc2cccc(F)c2)n1. The summed E-state index contributed by atoms with van der Waals surface area (Å²) in [5.41, 5.74) is 1.01. The average Bonchev–Trinajstić information content (AvgIpc) is 2.65. The van der Waals surface area contributed by atoms with Crippen molar-refractivity contribution < 1.29 is 13.6 Å². The van der Waals surface area contributed by atoms with Crippen LogP contribution in [0.2, 0.25) is 0 Å². The first kappa shape index (κ1) is 9.58. The van der Waals surface area contributed by atoms with Crippen molar-refractivity contribution >= 4 is 6.29 Å². The molecule has 76 valence electrons. The Morgan fingerprint density at radius 3 is 3.00 bits per heavy atom. The molecule has 0 amide bonds. The highest BCUT2D eigenvalue weighted by atomic mass is 19.1. The van der Waals surface area contributed by atoms with Crippen LogP contribution in [0.5, 0.6) is 0 Å². The Bertz CT molecular complexity index is 479. The Balaban J connectivity index is 2.18. The van der Waals surface area contributed by atoms with Crippen LogP contribution in [0, 0.1) is 5.82 Å². The molecule has 0 fully saturated rings. The van der Waals surface area contributed by atoms with Crippen molar-refractivity contribution in [2.75, 3.05) is 0 Å². The number of benzene rings is 1. The smallest absolute Gasteiger partial charge is 0.199 e. The van der Waals surface area contributed by atoms with Crippen molar-refractivity contribution in [2.45, 2.75) is 6.42 Å². The van der Waals surface area contributed by atoms with Crippen molar-refractivity contribution in [1.82, 2.24) is 4.98 Å². The molecule has 0 radical (unpaired) electrons. The summed E-state index contributed by atoms with van der Waals surface area (Å²) in [7, 11) is 0. The molecular weight excluding hydrogens is 197 g/mol. The number of hydrogen-bond donors (Lipinski definition) is 0. The van der Waals surface area contributed by atoms with Crippen LogP contribution in [0.1, 0.15) is 21.9 Å². The summed E-state index contributed by atoms with van der Waals surface area (Å²) >= 11 is 0. The highest BCUT2D eigenvalue weighted by molar-refractivity contribution is 5.70. The Hall–Kier alpha value is -1.97. The zero-order valence-electron chi connectivity index (χ0n) is 7.81. The lowest BCUT2D eigenvalue weighted by molar-refractivity contribution is 0.111. The van der Waals surface area contributed by atoms with Crippen molar-refractivity contribution in [3.63, 3.8) is 0 Å². The van der Waals surface area contributed by atoms with E-state index >= 15 is 0 Å². The normalized spacial score (nSPS) is 10.2. The molecule has 3 nitrogen and oxygen atoms in total. The van der Waals surface area contributed by atoms with Crippen LogP contribution in [0.4, 0.5) is 4.39 Å². The summed E-state index contributed by atoms with van der Waals surface area (Å²) in [6.45, 7) is 0. The number of halogens is 1. The van der Waals surface area contributed by atoms with Gasteiger partial charge in [-0.1, -0.05) is 12.1 Å². The minimum absolute atomic E-state index is 0.251.